The van der Waals surface area contributed by atoms with Gasteiger partial charge < -0.3 is 0 Å². The molecule has 0 fully saturated rings. The van der Waals surface area contributed by atoms with Crippen LogP contribution >= 0.6 is 15.9 Å². The summed E-state index contributed by atoms with van der Waals surface area (Å²) in [4.78, 5) is 0. The minimum absolute atomic E-state index is 1.11. The van der Waals surface area contributed by atoms with Gasteiger partial charge in [-0.2, -0.15) is 0 Å². The van der Waals surface area contributed by atoms with E-state index in [1.54, 1.807) is 0 Å². The Balaban J connectivity index is 3.31. The summed E-state index contributed by atoms with van der Waals surface area (Å²) in [5, 5.41) is 0. The molecular formula is C8H13Br. The molecule has 0 radical (unpaired) electrons. The molecular weight excluding hydrogens is 176 g/mol. The first-order valence-corrected chi connectivity index (χ1v) is 4.08. The highest BCUT2D eigenvalue weighted by atomic mass is 79.9. The van der Waals surface area contributed by atoms with Crippen molar-refractivity contribution in [3.8, 4) is 0 Å². The molecule has 0 aliphatic rings. The van der Waals surface area contributed by atoms with E-state index in [9.17, 15) is 0 Å². The summed E-state index contributed by atoms with van der Waals surface area (Å²) in [7, 11) is 0. The minimum Gasteiger partial charge on any atom is -0.0980 e. The maximum atomic E-state index is 3.62. The van der Waals surface area contributed by atoms with Crippen molar-refractivity contribution in [3.05, 3.63) is 23.2 Å². The average Bonchev–Trinajstić information content (AvgIpc) is 1.89. The first-order chi connectivity index (χ1) is 4.31. The van der Waals surface area contributed by atoms with Crippen LogP contribution in [0.4, 0.5) is 0 Å². The van der Waals surface area contributed by atoms with Gasteiger partial charge >= 0.3 is 0 Å². The molecule has 0 saturated carbocycles. The van der Waals surface area contributed by atoms with Crippen LogP contribution in [0.25, 0.3) is 0 Å². The van der Waals surface area contributed by atoms with Crippen molar-refractivity contribution in [1.82, 2.24) is 0 Å². The highest BCUT2D eigenvalue weighted by Crippen LogP contribution is 2.08. The molecule has 0 heterocycles. The van der Waals surface area contributed by atoms with Crippen LogP contribution < -0.4 is 0 Å². The van der Waals surface area contributed by atoms with Crippen LogP contribution in [0.1, 0.15) is 26.2 Å². The first-order valence-electron chi connectivity index (χ1n) is 3.29. The van der Waals surface area contributed by atoms with Gasteiger partial charge in [-0.15, -0.1) is 0 Å². The second kappa shape index (κ2) is 6.09. The van der Waals surface area contributed by atoms with Crippen molar-refractivity contribution in [3.63, 3.8) is 0 Å². The third-order valence-electron chi connectivity index (χ3n) is 1.09. The van der Waals surface area contributed by atoms with Crippen molar-refractivity contribution < 1.29 is 0 Å². The Morgan fingerprint density at radius 1 is 1.67 bits per heavy atom. The molecule has 0 unspecified atom stereocenters. The van der Waals surface area contributed by atoms with E-state index in [-0.39, 0.29) is 0 Å². The number of hydrogen-bond acceptors (Lipinski definition) is 0. The van der Waals surface area contributed by atoms with E-state index in [4.69, 9.17) is 0 Å². The molecule has 0 aromatic heterocycles. The molecule has 0 saturated heterocycles. The minimum atomic E-state index is 1.11. The van der Waals surface area contributed by atoms with E-state index < -0.39 is 0 Å². The third-order valence-corrected chi connectivity index (χ3v) is 1.74. The summed E-state index contributed by atoms with van der Waals surface area (Å²) in [5.41, 5.74) is 0. The number of unbranched alkanes of at least 4 members (excludes halogenated alkanes) is 2. The summed E-state index contributed by atoms with van der Waals surface area (Å²) in [6.45, 7) is 5.81. The lowest BCUT2D eigenvalue weighted by atomic mass is 10.2. The van der Waals surface area contributed by atoms with Crippen molar-refractivity contribution in [1.29, 1.82) is 0 Å². The fraction of sp³-hybridized carbons (Fsp3) is 0.500. The van der Waals surface area contributed by atoms with Gasteiger partial charge in [0.2, 0.25) is 0 Å². The summed E-state index contributed by atoms with van der Waals surface area (Å²) in [6.07, 6.45) is 7.64. The largest absolute Gasteiger partial charge is 0.0980 e. The quantitative estimate of drug-likeness (QED) is 0.467. The Kier molecular flexibility index (Phi) is 6.06. The van der Waals surface area contributed by atoms with Crippen molar-refractivity contribution in [2.75, 3.05) is 0 Å². The normalized spacial score (nSPS) is 11.6. The highest BCUT2D eigenvalue weighted by molar-refractivity contribution is 9.11. The summed E-state index contributed by atoms with van der Waals surface area (Å²) >= 11 is 3.35. The fourth-order valence-corrected chi connectivity index (χ4v) is 0.756. The molecule has 1 heteroatoms. The number of rotatable bonds is 4. The smallest absolute Gasteiger partial charge is 0.0129 e. The van der Waals surface area contributed by atoms with Crippen LogP contribution in [0.2, 0.25) is 0 Å². The molecule has 0 N–H and O–H groups in total. The molecule has 0 nitrogen and oxygen atoms in total. The van der Waals surface area contributed by atoms with Crippen LogP contribution in [0.5, 0.6) is 0 Å². The van der Waals surface area contributed by atoms with E-state index in [2.05, 4.69) is 35.5 Å². The Labute approximate surface area is 65.8 Å². The van der Waals surface area contributed by atoms with Crippen LogP contribution in [0.15, 0.2) is 23.2 Å². The van der Waals surface area contributed by atoms with Gasteiger partial charge in [0.05, 0.1) is 0 Å². The zero-order valence-corrected chi connectivity index (χ0v) is 7.45. The number of hydrogen-bond donors (Lipinski definition) is 0. The van der Waals surface area contributed by atoms with Crippen molar-refractivity contribution >= 4 is 15.9 Å². The zero-order valence-electron chi connectivity index (χ0n) is 5.86. The topological polar surface area (TPSA) is 0 Å². The lowest BCUT2D eigenvalue weighted by Crippen LogP contribution is -1.67. The van der Waals surface area contributed by atoms with Gasteiger partial charge in [0.1, 0.15) is 0 Å². The predicted molar refractivity (Wildman–Crippen MR) is 46.7 cm³/mol. The lowest BCUT2D eigenvalue weighted by molar-refractivity contribution is 0.814. The molecule has 0 aromatic carbocycles. The van der Waals surface area contributed by atoms with Gasteiger partial charge in [0.15, 0.2) is 0 Å². The molecule has 0 aliphatic heterocycles. The summed E-state index contributed by atoms with van der Waals surface area (Å²) in [6, 6.07) is 0. The Morgan fingerprint density at radius 3 is 2.78 bits per heavy atom. The summed E-state index contributed by atoms with van der Waals surface area (Å²) in [5.74, 6) is 0. The molecule has 0 amide bonds. The molecule has 0 bridgehead atoms. The summed E-state index contributed by atoms with van der Waals surface area (Å²) < 4.78 is 1.11. The Bertz CT molecular complexity index is 103. The van der Waals surface area contributed by atoms with Gasteiger partial charge in [-0.1, -0.05) is 54.4 Å². The zero-order chi connectivity index (χ0) is 7.11. The predicted octanol–water partition coefficient (Wildman–Crippen LogP) is 3.64. The van der Waals surface area contributed by atoms with E-state index >= 15 is 0 Å². The second-order valence-corrected chi connectivity index (χ2v) is 2.85. The Morgan fingerprint density at radius 2 is 2.33 bits per heavy atom. The number of allylic oxidation sites excluding steroid dienone is 3. The fourth-order valence-electron chi connectivity index (χ4n) is 0.527. The standard InChI is InChI=1S/C8H13Br/c1-3-5-6-7-8(9)4-2/h4,7H,2-3,5-6H2,1H3/b8-7-. The van der Waals surface area contributed by atoms with Crippen LogP contribution in [-0.2, 0) is 0 Å². The molecule has 9 heavy (non-hydrogen) atoms. The molecule has 0 atom stereocenters. The van der Waals surface area contributed by atoms with Gasteiger partial charge in [-0.05, 0) is 6.42 Å². The lowest BCUT2D eigenvalue weighted by Gasteiger charge is -1.88. The molecule has 52 valence electrons. The van der Waals surface area contributed by atoms with E-state index in [0.717, 1.165) is 10.9 Å². The van der Waals surface area contributed by atoms with E-state index in [1.807, 2.05) is 6.08 Å². The molecule has 0 spiro atoms. The highest BCUT2D eigenvalue weighted by Gasteiger charge is 1.81. The second-order valence-electron chi connectivity index (χ2n) is 1.94. The molecule has 0 aromatic rings. The SMILES string of the molecule is C=C/C(Br)=C/CCCC. The van der Waals surface area contributed by atoms with Crippen LogP contribution in [-0.4, -0.2) is 0 Å². The van der Waals surface area contributed by atoms with Crippen molar-refractivity contribution in [2.45, 2.75) is 26.2 Å². The maximum Gasteiger partial charge on any atom is 0.0129 e. The molecule has 0 rings (SSSR count). The van der Waals surface area contributed by atoms with Crippen LogP contribution in [0.3, 0.4) is 0 Å². The Hall–Kier alpha value is -0.0400. The monoisotopic (exact) mass is 188 g/mol. The average molecular weight is 189 g/mol. The van der Waals surface area contributed by atoms with Gasteiger partial charge in [-0.3, -0.25) is 0 Å². The third kappa shape index (κ3) is 5.84. The van der Waals surface area contributed by atoms with Crippen LogP contribution in [0, 0.1) is 0 Å². The maximum absolute atomic E-state index is 3.62. The molecule has 0 aliphatic carbocycles. The van der Waals surface area contributed by atoms with Crippen molar-refractivity contribution in [2.24, 2.45) is 0 Å². The van der Waals surface area contributed by atoms with Gasteiger partial charge in [0.25, 0.3) is 0 Å². The van der Waals surface area contributed by atoms with Gasteiger partial charge in [-0.25, -0.2) is 0 Å². The van der Waals surface area contributed by atoms with E-state index in [1.165, 1.54) is 12.8 Å². The number of halogens is 1. The first kappa shape index (κ1) is 8.96. The van der Waals surface area contributed by atoms with Gasteiger partial charge in [0, 0.05) is 4.48 Å². The van der Waals surface area contributed by atoms with E-state index in [0.29, 0.717) is 0 Å².